The third kappa shape index (κ3) is 3.92. The second-order valence-corrected chi connectivity index (χ2v) is 4.96. The van der Waals surface area contributed by atoms with Crippen molar-refractivity contribution in [2.45, 2.75) is 18.9 Å². The van der Waals surface area contributed by atoms with Gasteiger partial charge in [0.2, 0.25) is 5.91 Å². The summed E-state index contributed by atoms with van der Waals surface area (Å²) in [5.74, 6) is -0.172. The van der Waals surface area contributed by atoms with Gasteiger partial charge in [-0.3, -0.25) is 14.9 Å². The van der Waals surface area contributed by atoms with Gasteiger partial charge in [-0.1, -0.05) is 0 Å². The Morgan fingerprint density at radius 1 is 1.50 bits per heavy atom. The lowest BCUT2D eigenvalue weighted by molar-refractivity contribution is -0.385. The molecule has 0 bridgehead atoms. The smallest absolute Gasteiger partial charge is 0.311 e. The van der Waals surface area contributed by atoms with Crippen molar-refractivity contribution in [1.29, 1.82) is 0 Å². The summed E-state index contributed by atoms with van der Waals surface area (Å²) in [4.78, 5) is 21.6. The molecule has 1 aromatic carbocycles. The number of aliphatic hydroxyl groups is 1. The van der Waals surface area contributed by atoms with Gasteiger partial charge in [-0.15, -0.1) is 11.6 Å². The van der Waals surface area contributed by atoms with Crippen LogP contribution in [0, 0.1) is 10.1 Å². The first kappa shape index (κ1) is 16.2. The summed E-state index contributed by atoms with van der Waals surface area (Å²) < 4.78 is 5.22. The Morgan fingerprint density at radius 2 is 2.27 bits per heavy atom. The van der Waals surface area contributed by atoms with Gasteiger partial charge in [0.05, 0.1) is 16.5 Å². The summed E-state index contributed by atoms with van der Waals surface area (Å²) in [6.45, 7) is -0.138. The highest BCUT2D eigenvalue weighted by Crippen LogP contribution is 2.29. The number of nitro benzene ring substituents is 1. The fourth-order valence-corrected chi connectivity index (χ4v) is 1.96. The van der Waals surface area contributed by atoms with Gasteiger partial charge in [0.25, 0.3) is 0 Å². The first-order valence-electron chi connectivity index (χ1n) is 6.52. The van der Waals surface area contributed by atoms with Gasteiger partial charge in [0.1, 0.15) is 12.7 Å². The first-order chi connectivity index (χ1) is 10.5. The van der Waals surface area contributed by atoms with E-state index in [1.165, 1.54) is 12.1 Å². The average Bonchev–Trinajstić information content (AvgIpc) is 2.53. The maximum atomic E-state index is 11.2. The number of hydrogen-bond donors (Lipinski definition) is 2. The minimum absolute atomic E-state index is 0.0254. The number of hydrazone groups is 1. The van der Waals surface area contributed by atoms with Crippen molar-refractivity contribution in [3.05, 3.63) is 33.9 Å². The Kier molecular flexibility index (Phi) is 5.29. The molecule has 22 heavy (non-hydrogen) atoms. The van der Waals surface area contributed by atoms with Crippen molar-refractivity contribution in [2.75, 3.05) is 12.5 Å². The van der Waals surface area contributed by atoms with Crippen molar-refractivity contribution in [2.24, 2.45) is 5.10 Å². The number of aliphatic hydroxyl groups excluding tert-OH is 1. The number of nitrogens with one attached hydrogen (secondary N) is 1. The van der Waals surface area contributed by atoms with E-state index in [1.807, 2.05) is 0 Å². The number of amides is 1. The van der Waals surface area contributed by atoms with Crippen LogP contribution in [0.25, 0.3) is 0 Å². The van der Waals surface area contributed by atoms with Crippen molar-refractivity contribution >= 4 is 28.9 Å². The highest BCUT2D eigenvalue weighted by Gasteiger charge is 2.20. The Hall–Kier alpha value is -2.19. The third-order valence-electron chi connectivity index (χ3n) is 3.00. The fraction of sp³-hybridized carbons (Fsp3) is 0.385. The van der Waals surface area contributed by atoms with E-state index in [0.717, 1.165) is 0 Å². The van der Waals surface area contributed by atoms with Crippen LogP contribution < -0.4 is 10.2 Å². The number of ether oxygens (including phenoxy) is 1. The van der Waals surface area contributed by atoms with Gasteiger partial charge >= 0.3 is 5.69 Å². The number of hydrogen-bond acceptors (Lipinski definition) is 6. The van der Waals surface area contributed by atoms with E-state index < -0.39 is 11.0 Å². The molecule has 8 nitrogen and oxygen atoms in total. The molecule has 0 saturated heterocycles. The van der Waals surface area contributed by atoms with Gasteiger partial charge in [-0.2, -0.15) is 5.10 Å². The standard InChI is InChI=1S/C13H14ClN3O5/c14-6-9(18)7-22-12-3-1-8(5-11(12)17(20)21)10-2-4-13(19)16-15-10/h1,3,5,9,18H,2,4,6-7H2,(H,16,19). The molecule has 1 aliphatic heterocycles. The summed E-state index contributed by atoms with van der Waals surface area (Å²) in [5.41, 5.74) is 3.21. The minimum Gasteiger partial charge on any atom is -0.484 e. The summed E-state index contributed by atoms with van der Waals surface area (Å²) >= 11 is 5.45. The van der Waals surface area contributed by atoms with Crippen molar-refractivity contribution < 1.29 is 19.6 Å². The Bertz CT molecular complexity index is 620. The largest absolute Gasteiger partial charge is 0.484 e. The average molecular weight is 328 g/mol. The van der Waals surface area contributed by atoms with Gasteiger partial charge in [0.15, 0.2) is 5.75 Å². The lowest BCUT2D eigenvalue weighted by Crippen LogP contribution is -2.26. The molecule has 0 aliphatic carbocycles. The molecule has 2 rings (SSSR count). The number of halogens is 1. The topological polar surface area (TPSA) is 114 Å². The molecule has 2 N–H and O–H groups in total. The normalized spacial score (nSPS) is 15.7. The molecule has 1 unspecified atom stereocenters. The predicted octanol–water partition coefficient (Wildman–Crippen LogP) is 1.19. The van der Waals surface area contributed by atoms with Crippen LogP contribution in [0.1, 0.15) is 18.4 Å². The number of rotatable bonds is 6. The van der Waals surface area contributed by atoms with E-state index in [9.17, 15) is 20.0 Å². The van der Waals surface area contributed by atoms with Crippen molar-refractivity contribution in [3.63, 3.8) is 0 Å². The van der Waals surface area contributed by atoms with Crippen LogP contribution in [0.5, 0.6) is 5.75 Å². The molecule has 118 valence electrons. The van der Waals surface area contributed by atoms with Crippen molar-refractivity contribution in [1.82, 2.24) is 5.43 Å². The summed E-state index contributed by atoms with van der Waals surface area (Å²) in [5, 5.41) is 24.4. The molecular weight excluding hydrogens is 314 g/mol. The second kappa shape index (κ2) is 7.19. The Labute approximate surface area is 130 Å². The van der Waals surface area contributed by atoms with E-state index in [1.54, 1.807) is 6.07 Å². The van der Waals surface area contributed by atoms with E-state index >= 15 is 0 Å². The van der Waals surface area contributed by atoms with Crippen molar-refractivity contribution in [3.8, 4) is 5.75 Å². The molecular formula is C13H14ClN3O5. The number of carbonyl (C=O) groups excluding carboxylic acids is 1. The van der Waals surface area contributed by atoms with Crippen LogP contribution in [0.4, 0.5) is 5.69 Å². The van der Waals surface area contributed by atoms with Gasteiger partial charge in [-0.25, -0.2) is 5.43 Å². The maximum absolute atomic E-state index is 11.2. The summed E-state index contributed by atoms with van der Waals surface area (Å²) in [6.07, 6.45) is -0.208. The highest BCUT2D eigenvalue weighted by atomic mass is 35.5. The van der Waals surface area contributed by atoms with Gasteiger partial charge in [-0.05, 0) is 12.1 Å². The Balaban J connectivity index is 2.23. The second-order valence-electron chi connectivity index (χ2n) is 4.65. The minimum atomic E-state index is -0.904. The molecule has 0 aromatic heterocycles. The quantitative estimate of drug-likeness (QED) is 0.462. The lowest BCUT2D eigenvalue weighted by atomic mass is 10.0. The lowest BCUT2D eigenvalue weighted by Gasteiger charge is -2.13. The van der Waals surface area contributed by atoms with Gasteiger partial charge < -0.3 is 9.84 Å². The van der Waals surface area contributed by atoms with Crippen LogP contribution in [0.3, 0.4) is 0 Å². The fourth-order valence-electron chi connectivity index (χ4n) is 1.87. The molecule has 0 saturated carbocycles. The number of carbonyl (C=O) groups is 1. The molecule has 1 aromatic rings. The summed E-state index contributed by atoms with van der Waals surface area (Å²) in [7, 11) is 0. The van der Waals surface area contributed by atoms with E-state index in [0.29, 0.717) is 17.7 Å². The zero-order chi connectivity index (χ0) is 16.1. The third-order valence-corrected chi connectivity index (χ3v) is 3.36. The van der Waals surface area contributed by atoms with Crippen LogP contribution in [-0.4, -0.2) is 40.2 Å². The summed E-state index contributed by atoms with van der Waals surface area (Å²) in [6, 6.07) is 4.39. The number of benzene rings is 1. The molecule has 1 amide bonds. The molecule has 0 fully saturated rings. The SMILES string of the molecule is O=C1CCC(c2ccc(OCC(O)CCl)c([N+](=O)[O-])c2)=NN1. The molecule has 1 heterocycles. The van der Waals surface area contributed by atoms with Crippen LogP contribution in [0.2, 0.25) is 0 Å². The Morgan fingerprint density at radius 3 is 2.86 bits per heavy atom. The first-order valence-corrected chi connectivity index (χ1v) is 7.05. The monoisotopic (exact) mass is 327 g/mol. The van der Waals surface area contributed by atoms with E-state index in [-0.39, 0.29) is 36.3 Å². The zero-order valence-corrected chi connectivity index (χ0v) is 12.2. The molecule has 0 spiro atoms. The number of nitrogens with zero attached hydrogens (tertiary/aromatic N) is 2. The number of alkyl halides is 1. The molecule has 1 atom stereocenters. The zero-order valence-electron chi connectivity index (χ0n) is 11.5. The predicted molar refractivity (Wildman–Crippen MR) is 79.2 cm³/mol. The van der Waals surface area contributed by atoms with E-state index in [2.05, 4.69) is 10.5 Å². The highest BCUT2D eigenvalue weighted by molar-refractivity contribution is 6.18. The van der Waals surface area contributed by atoms with E-state index in [4.69, 9.17) is 16.3 Å². The van der Waals surface area contributed by atoms with Crippen LogP contribution in [0.15, 0.2) is 23.3 Å². The molecule has 0 radical (unpaired) electrons. The molecule has 1 aliphatic rings. The number of nitro groups is 1. The van der Waals surface area contributed by atoms with Crippen LogP contribution in [-0.2, 0) is 4.79 Å². The molecule has 9 heteroatoms. The van der Waals surface area contributed by atoms with Crippen LogP contribution >= 0.6 is 11.6 Å². The van der Waals surface area contributed by atoms with Gasteiger partial charge in [0, 0.05) is 24.5 Å². The maximum Gasteiger partial charge on any atom is 0.311 e.